The SMILES string of the molecule is COc1ccc(CCNC(=O)CN2C(=O)CC(c3ccccc3)=Nc3ccccc32)cc1OC. The number of para-hydroxylation sites is 2. The van der Waals surface area contributed by atoms with Gasteiger partial charge in [-0.3, -0.25) is 14.6 Å². The molecule has 0 saturated heterocycles. The number of hydrogen-bond donors (Lipinski definition) is 1. The summed E-state index contributed by atoms with van der Waals surface area (Å²) in [7, 11) is 3.18. The van der Waals surface area contributed by atoms with Crippen LogP contribution < -0.4 is 19.7 Å². The Morgan fingerprint density at radius 2 is 1.71 bits per heavy atom. The van der Waals surface area contributed by atoms with Gasteiger partial charge in [0.25, 0.3) is 0 Å². The third-order valence-electron chi connectivity index (χ3n) is 5.64. The predicted molar refractivity (Wildman–Crippen MR) is 132 cm³/mol. The molecular weight excluding hydrogens is 430 g/mol. The lowest BCUT2D eigenvalue weighted by molar-refractivity contribution is -0.123. The zero-order valence-electron chi connectivity index (χ0n) is 19.3. The lowest BCUT2D eigenvalue weighted by atomic mass is 10.1. The van der Waals surface area contributed by atoms with E-state index in [9.17, 15) is 9.59 Å². The Bertz CT molecular complexity index is 1210. The zero-order chi connectivity index (χ0) is 23.9. The average Bonchev–Trinajstić information content (AvgIpc) is 3.01. The van der Waals surface area contributed by atoms with Crippen molar-refractivity contribution in [1.29, 1.82) is 0 Å². The maximum Gasteiger partial charge on any atom is 0.240 e. The van der Waals surface area contributed by atoms with Crippen LogP contribution in [0.1, 0.15) is 17.5 Å². The van der Waals surface area contributed by atoms with Crippen molar-refractivity contribution >= 4 is 28.9 Å². The highest BCUT2D eigenvalue weighted by Gasteiger charge is 2.26. The molecule has 1 heterocycles. The molecule has 2 amide bonds. The van der Waals surface area contributed by atoms with Gasteiger partial charge in [0.1, 0.15) is 6.54 Å². The minimum atomic E-state index is -0.230. The quantitative estimate of drug-likeness (QED) is 0.556. The minimum absolute atomic E-state index is 0.0701. The van der Waals surface area contributed by atoms with E-state index in [2.05, 4.69) is 5.32 Å². The fourth-order valence-corrected chi connectivity index (χ4v) is 3.90. The molecule has 0 aliphatic carbocycles. The number of aliphatic imine (C=N–C) groups is 1. The van der Waals surface area contributed by atoms with Gasteiger partial charge in [-0.15, -0.1) is 0 Å². The molecule has 1 N–H and O–H groups in total. The molecule has 1 aliphatic heterocycles. The van der Waals surface area contributed by atoms with Crippen molar-refractivity contribution in [2.45, 2.75) is 12.8 Å². The number of carbonyl (C=O) groups is 2. The second kappa shape index (κ2) is 10.7. The average molecular weight is 458 g/mol. The Balaban J connectivity index is 1.43. The minimum Gasteiger partial charge on any atom is -0.493 e. The molecule has 34 heavy (non-hydrogen) atoms. The molecule has 0 spiro atoms. The fraction of sp³-hybridized carbons (Fsp3) is 0.222. The van der Waals surface area contributed by atoms with Gasteiger partial charge >= 0.3 is 0 Å². The number of nitrogens with zero attached hydrogens (tertiary/aromatic N) is 2. The molecule has 7 heteroatoms. The molecule has 3 aromatic carbocycles. The van der Waals surface area contributed by atoms with Gasteiger partial charge in [-0.25, -0.2) is 0 Å². The molecule has 4 rings (SSSR count). The van der Waals surface area contributed by atoms with Gasteiger partial charge in [0.05, 0.1) is 37.7 Å². The highest BCUT2D eigenvalue weighted by atomic mass is 16.5. The standard InChI is InChI=1S/C27H27N3O4/c1-33-24-13-12-19(16-25(24)34-2)14-15-28-26(31)18-30-23-11-7-6-10-21(23)29-22(17-27(30)32)20-8-4-3-5-9-20/h3-13,16H,14-15,17-18H2,1-2H3,(H,28,31). The maximum absolute atomic E-state index is 13.2. The van der Waals surface area contributed by atoms with Crippen LogP contribution in [0.4, 0.5) is 11.4 Å². The normalized spacial score (nSPS) is 12.9. The number of fused-ring (bicyclic) bond motifs is 1. The van der Waals surface area contributed by atoms with Gasteiger partial charge in [0.2, 0.25) is 11.8 Å². The lowest BCUT2D eigenvalue weighted by Crippen LogP contribution is -2.41. The van der Waals surface area contributed by atoms with Crippen molar-refractivity contribution in [3.8, 4) is 11.5 Å². The topological polar surface area (TPSA) is 80.2 Å². The van der Waals surface area contributed by atoms with E-state index in [1.807, 2.05) is 72.8 Å². The van der Waals surface area contributed by atoms with Gasteiger partial charge in [-0.1, -0.05) is 48.5 Å². The molecular formula is C27H27N3O4. The number of carbonyl (C=O) groups excluding carboxylic acids is 2. The van der Waals surface area contributed by atoms with Gasteiger partial charge in [0.15, 0.2) is 11.5 Å². The molecule has 0 bridgehead atoms. The Hall–Kier alpha value is -4.13. The second-order valence-electron chi connectivity index (χ2n) is 7.86. The maximum atomic E-state index is 13.2. The van der Waals surface area contributed by atoms with Crippen LogP contribution in [0.15, 0.2) is 77.8 Å². The number of hydrogen-bond acceptors (Lipinski definition) is 5. The summed E-state index contributed by atoms with van der Waals surface area (Å²) >= 11 is 0. The highest BCUT2D eigenvalue weighted by molar-refractivity contribution is 6.18. The Morgan fingerprint density at radius 3 is 2.47 bits per heavy atom. The van der Waals surface area contributed by atoms with E-state index < -0.39 is 0 Å². The van der Waals surface area contributed by atoms with Crippen molar-refractivity contribution in [1.82, 2.24) is 5.32 Å². The van der Waals surface area contributed by atoms with Crippen LogP contribution in [0.2, 0.25) is 0 Å². The molecule has 7 nitrogen and oxygen atoms in total. The number of anilines is 1. The van der Waals surface area contributed by atoms with Gasteiger partial charge in [-0.2, -0.15) is 0 Å². The van der Waals surface area contributed by atoms with Crippen LogP contribution in [0.3, 0.4) is 0 Å². The molecule has 3 aromatic rings. The summed E-state index contributed by atoms with van der Waals surface area (Å²) in [6.07, 6.45) is 0.746. The van der Waals surface area contributed by atoms with E-state index in [-0.39, 0.29) is 24.8 Å². The predicted octanol–water partition coefficient (Wildman–Crippen LogP) is 3.92. The van der Waals surface area contributed by atoms with E-state index >= 15 is 0 Å². The van der Waals surface area contributed by atoms with Crippen molar-refractivity contribution in [3.63, 3.8) is 0 Å². The largest absolute Gasteiger partial charge is 0.493 e. The van der Waals surface area contributed by atoms with E-state index in [1.165, 1.54) is 4.90 Å². The molecule has 0 atom stereocenters. The molecule has 1 aliphatic rings. The fourth-order valence-electron chi connectivity index (χ4n) is 3.90. The van der Waals surface area contributed by atoms with E-state index in [0.29, 0.717) is 41.6 Å². The smallest absolute Gasteiger partial charge is 0.240 e. The molecule has 0 aromatic heterocycles. The molecule has 0 radical (unpaired) electrons. The summed E-state index contributed by atoms with van der Waals surface area (Å²) < 4.78 is 10.6. The number of nitrogens with one attached hydrogen (secondary N) is 1. The first kappa shape index (κ1) is 23.0. The van der Waals surface area contributed by atoms with E-state index in [1.54, 1.807) is 14.2 Å². The summed E-state index contributed by atoms with van der Waals surface area (Å²) in [4.78, 5) is 32.2. The van der Waals surface area contributed by atoms with E-state index in [4.69, 9.17) is 14.5 Å². The van der Waals surface area contributed by atoms with Crippen molar-refractivity contribution in [2.24, 2.45) is 4.99 Å². The third-order valence-corrected chi connectivity index (χ3v) is 5.64. The van der Waals surface area contributed by atoms with Crippen LogP contribution in [0.25, 0.3) is 0 Å². The van der Waals surface area contributed by atoms with Crippen LogP contribution in [0, 0.1) is 0 Å². The first-order chi connectivity index (χ1) is 16.6. The van der Waals surface area contributed by atoms with Crippen molar-refractivity contribution in [3.05, 3.63) is 83.9 Å². The molecule has 0 unspecified atom stereocenters. The number of methoxy groups -OCH3 is 2. The molecule has 174 valence electrons. The summed E-state index contributed by atoms with van der Waals surface area (Å²) in [5, 5.41) is 2.92. The third kappa shape index (κ3) is 5.26. The summed E-state index contributed by atoms with van der Waals surface area (Å²) in [6.45, 7) is 0.364. The first-order valence-corrected chi connectivity index (χ1v) is 11.1. The van der Waals surface area contributed by atoms with Gasteiger partial charge in [0, 0.05) is 6.54 Å². The number of amides is 2. The highest BCUT2D eigenvalue weighted by Crippen LogP contribution is 2.32. The van der Waals surface area contributed by atoms with Crippen molar-refractivity contribution < 1.29 is 19.1 Å². The second-order valence-corrected chi connectivity index (χ2v) is 7.86. The molecule has 0 saturated carbocycles. The lowest BCUT2D eigenvalue weighted by Gasteiger charge is -2.22. The van der Waals surface area contributed by atoms with Gasteiger partial charge in [-0.05, 0) is 41.8 Å². The van der Waals surface area contributed by atoms with Crippen LogP contribution in [0.5, 0.6) is 11.5 Å². The summed E-state index contributed by atoms with van der Waals surface area (Å²) in [5.41, 5.74) is 3.90. The number of benzene rings is 3. The van der Waals surface area contributed by atoms with Crippen LogP contribution >= 0.6 is 0 Å². The monoisotopic (exact) mass is 457 g/mol. The summed E-state index contributed by atoms with van der Waals surface area (Å²) in [6, 6.07) is 22.7. The Morgan fingerprint density at radius 1 is 0.971 bits per heavy atom. The first-order valence-electron chi connectivity index (χ1n) is 11.1. The summed E-state index contributed by atoms with van der Waals surface area (Å²) in [5.74, 6) is 0.910. The number of rotatable bonds is 8. The van der Waals surface area contributed by atoms with Crippen LogP contribution in [-0.2, 0) is 16.0 Å². The Kier molecular flexibility index (Phi) is 7.22. The van der Waals surface area contributed by atoms with Gasteiger partial charge < -0.3 is 19.7 Å². The van der Waals surface area contributed by atoms with Crippen molar-refractivity contribution in [2.75, 3.05) is 32.2 Å². The molecule has 0 fully saturated rings. The van der Waals surface area contributed by atoms with E-state index in [0.717, 1.165) is 11.1 Å². The zero-order valence-corrected chi connectivity index (χ0v) is 19.3. The number of ether oxygens (including phenoxy) is 2. The van der Waals surface area contributed by atoms with Crippen LogP contribution in [-0.4, -0.2) is 44.8 Å². The Labute approximate surface area is 199 Å².